The van der Waals surface area contributed by atoms with Crippen LogP contribution >= 0.6 is 15.9 Å². The van der Waals surface area contributed by atoms with Crippen molar-refractivity contribution in [3.63, 3.8) is 0 Å². The van der Waals surface area contributed by atoms with Gasteiger partial charge >= 0.3 is 0 Å². The lowest BCUT2D eigenvalue weighted by Crippen LogP contribution is -2.19. The van der Waals surface area contributed by atoms with Gasteiger partial charge in [0.1, 0.15) is 11.6 Å². The van der Waals surface area contributed by atoms with Gasteiger partial charge in [0.2, 0.25) is 0 Å². The maximum absolute atomic E-state index is 13.9. The fourth-order valence-electron chi connectivity index (χ4n) is 1.87. The van der Waals surface area contributed by atoms with E-state index >= 15 is 0 Å². The Morgan fingerprint density at radius 3 is 2.50 bits per heavy atom. The fourth-order valence-corrected chi connectivity index (χ4v) is 2.34. The average molecular weight is 316 g/mol. The van der Waals surface area contributed by atoms with Crippen molar-refractivity contribution in [2.24, 2.45) is 0 Å². The molecule has 1 heterocycles. The minimum Gasteiger partial charge on any atom is -0.457 e. The molecule has 0 aliphatic carbocycles. The second-order valence-corrected chi connectivity index (χ2v) is 4.71. The Bertz CT molecular complexity index is 568. The van der Waals surface area contributed by atoms with Crippen molar-refractivity contribution < 1.29 is 13.2 Å². The van der Waals surface area contributed by atoms with Crippen LogP contribution in [0.3, 0.4) is 0 Å². The summed E-state index contributed by atoms with van der Waals surface area (Å²) in [6.07, 6.45) is 1.49. The minimum atomic E-state index is -0.465. The van der Waals surface area contributed by atoms with E-state index in [1.54, 1.807) is 13.1 Å². The third kappa shape index (κ3) is 2.33. The molecule has 2 nitrogen and oxygen atoms in total. The van der Waals surface area contributed by atoms with Gasteiger partial charge in [0.25, 0.3) is 0 Å². The average Bonchev–Trinajstić information content (AvgIpc) is 2.73. The van der Waals surface area contributed by atoms with Crippen LogP contribution in [-0.4, -0.2) is 7.05 Å². The Kier molecular flexibility index (Phi) is 3.82. The van der Waals surface area contributed by atoms with Gasteiger partial charge in [0.05, 0.1) is 12.3 Å². The van der Waals surface area contributed by atoms with Gasteiger partial charge < -0.3 is 9.73 Å². The Balaban J connectivity index is 2.52. The molecule has 0 radical (unpaired) electrons. The molecule has 1 unspecified atom stereocenters. The highest BCUT2D eigenvalue weighted by atomic mass is 79.9. The maximum Gasteiger partial charge on any atom is 0.174 e. The predicted molar refractivity (Wildman–Crippen MR) is 68.4 cm³/mol. The lowest BCUT2D eigenvalue weighted by atomic mass is 9.99. The molecule has 2 aromatic rings. The summed E-state index contributed by atoms with van der Waals surface area (Å²) in [4.78, 5) is 0. The van der Waals surface area contributed by atoms with Crippen molar-refractivity contribution in [1.82, 2.24) is 5.32 Å². The van der Waals surface area contributed by atoms with Crippen LogP contribution in [0, 0.1) is 18.6 Å². The van der Waals surface area contributed by atoms with E-state index in [0.717, 1.165) is 5.56 Å². The fraction of sp³-hybridized carbons (Fsp3) is 0.231. The molecule has 0 amide bonds. The number of aryl methyl sites for hydroxylation is 1. The molecule has 1 atom stereocenters. The van der Waals surface area contributed by atoms with Crippen molar-refractivity contribution in [2.45, 2.75) is 13.0 Å². The zero-order valence-electron chi connectivity index (χ0n) is 9.93. The first-order valence-corrected chi connectivity index (χ1v) is 6.19. The van der Waals surface area contributed by atoms with Crippen LogP contribution in [0.4, 0.5) is 8.78 Å². The molecule has 18 heavy (non-hydrogen) atoms. The van der Waals surface area contributed by atoms with Crippen molar-refractivity contribution in [1.29, 1.82) is 0 Å². The van der Waals surface area contributed by atoms with Crippen LogP contribution < -0.4 is 5.32 Å². The normalized spacial score (nSPS) is 12.7. The Labute approximate surface area is 112 Å². The van der Waals surface area contributed by atoms with Gasteiger partial charge in [-0.15, -0.1) is 0 Å². The summed E-state index contributed by atoms with van der Waals surface area (Å²) in [5.41, 5.74) is 1.26. The van der Waals surface area contributed by atoms with Gasteiger partial charge in [-0.25, -0.2) is 8.78 Å². The van der Waals surface area contributed by atoms with E-state index in [9.17, 15) is 8.78 Å². The molecule has 0 saturated carbocycles. The molecule has 1 N–H and O–H groups in total. The largest absolute Gasteiger partial charge is 0.457 e. The molecule has 0 saturated heterocycles. The number of nitrogens with one attached hydrogen (secondary N) is 1. The highest BCUT2D eigenvalue weighted by Gasteiger charge is 2.21. The number of hydrogen-bond donors (Lipinski definition) is 1. The second kappa shape index (κ2) is 5.20. The minimum absolute atomic E-state index is 0.253. The van der Waals surface area contributed by atoms with Gasteiger partial charge in [-0.3, -0.25) is 0 Å². The van der Waals surface area contributed by atoms with Gasteiger partial charge in [0.15, 0.2) is 4.67 Å². The lowest BCUT2D eigenvalue weighted by Gasteiger charge is -2.17. The summed E-state index contributed by atoms with van der Waals surface area (Å²) >= 11 is 3.24. The van der Waals surface area contributed by atoms with E-state index in [1.165, 1.54) is 25.3 Å². The molecule has 5 heteroatoms. The van der Waals surface area contributed by atoms with E-state index in [1.807, 2.05) is 0 Å². The van der Waals surface area contributed by atoms with E-state index < -0.39 is 17.7 Å². The summed E-state index contributed by atoms with van der Waals surface area (Å²) in [6.45, 7) is 1.53. The molecule has 0 aliphatic rings. The second-order valence-electron chi connectivity index (χ2n) is 3.99. The Morgan fingerprint density at radius 2 is 1.94 bits per heavy atom. The molecule has 0 spiro atoms. The van der Waals surface area contributed by atoms with Crippen LogP contribution in [0.15, 0.2) is 33.5 Å². The summed E-state index contributed by atoms with van der Waals surface area (Å²) in [7, 11) is 1.68. The first kappa shape index (κ1) is 13.2. The van der Waals surface area contributed by atoms with Crippen LogP contribution in [0.5, 0.6) is 0 Å². The summed E-state index contributed by atoms with van der Waals surface area (Å²) in [6, 6.07) is 3.66. The molecule has 2 rings (SSSR count). The third-order valence-electron chi connectivity index (χ3n) is 2.83. The van der Waals surface area contributed by atoms with Gasteiger partial charge in [-0.2, -0.15) is 0 Å². The van der Waals surface area contributed by atoms with E-state index in [4.69, 9.17) is 4.42 Å². The Hall–Kier alpha value is -1.20. The number of furan rings is 1. The molecule has 0 bridgehead atoms. The number of rotatable bonds is 3. The molecule has 1 aromatic heterocycles. The number of benzene rings is 1. The van der Waals surface area contributed by atoms with Crippen molar-refractivity contribution in [3.05, 3.63) is 57.5 Å². The van der Waals surface area contributed by atoms with Gasteiger partial charge in [-0.1, -0.05) is 0 Å². The van der Waals surface area contributed by atoms with Crippen LogP contribution in [0.2, 0.25) is 0 Å². The summed E-state index contributed by atoms with van der Waals surface area (Å²) in [5, 5.41) is 2.95. The van der Waals surface area contributed by atoms with Crippen molar-refractivity contribution in [3.8, 4) is 0 Å². The number of halogens is 3. The summed E-state index contributed by atoms with van der Waals surface area (Å²) in [5.74, 6) is -0.868. The zero-order chi connectivity index (χ0) is 13.3. The molecular weight excluding hydrogens is 304 g/mol. The molecule has 1 aromatic carbocycles. The lowest BCUT2D eigenvalue weighted by molar-refractivity contribution is 0.521. The molecule has 0 fully saturated rings. The molecular formula is C13H12BrF2NO. The molecule has 0 aliphatic heterocycles. The van der Waals surface area contributed by atoms with Gasteiger partial charge in [0, 0.05) is 11.1 Å². The standard InChI is InChI=1S/C13H12BrF2NO/c1-7-5-11(16)9(6-10(7)15)12(17-2)8-3-4-18-13(8)14/h3-6,12,17H,1-2H3. The predicted octanol–water partition coefficient (Wildman–Crippen LogP) is 3.94. The van der Waals surface area contributed by atoms with Crippen LogP contribution in [0.25, 0.3) is 0 Å². The summed E-state index contributed by atoms with van der Waals surface area (Å²) < 4.78 is 33.1. The Morgan fingerprint density at radius 1 is 1.22 bits per heavy atom. The first-order valence-electron chi connectivity index (χ1n) is 5.40. The maximum atomic E-state index is 13.9. The van der Waals surface area contributed by atoms with Crippen molar-refractivity contribution in [2.75, 3.05) is 7.05 Å². The monoisotopic (exact) mass is 315 g/mol. The molecule has 96 valence electrons. The van der Waals surface area contributed by atoms with E-state index in [2.05, 4.69) is 21.2 Å². The third-order valence-corrected chi connectivity index (χ3v) is 3.48. The van der Waals surface area contributed by atoms with E-state index in [0.29, 0.717) is 4.67 Å². The van der Waals surface area contributed by atoms with Gasteiger partial charge in [-0.05, 0) is 53.7 Å². The number of hydrogen-bond acceptors (Lipinski definition) is 2. The SMILES string of the molecule is CNC(c1cc(F)c(C)cc1F)c1ccoc1Br. The van der Waals surface area contributed by atoms with Crippen LogP contribution in [0.1, 0.15) is 22.7 Å². The topological polar surface area (TPSA) is 25.2 Å². The van der Waals surface area contributed by atoms with Crippen LogP contribution in [-0.2, 0) is 0 Å². The van der Waals surface area contributed by atoms with E-state index in [-0.39, 0.29) is 11.1 Å². The quantitative estimate of drug-likeness (QED) is 0.928. The zero-order valence-corrected chi connectivity index (χ0v) is 11.5. The smallest absolute Gasteiger partial charge is 0.174 e. The highest BCUT2D eigenvalue weighted by molar-refractivity contribution is 9.10. The first-order chi connectivity index (χ1) is 8.54. The highest BCUT2D eigenvalue weighted by Crippen LogP contribution is 2.31. The van der Waals surface area contributed by atoms with Crippen molar-refractivity contribution >= 4 is 15.9 Å².